The molecule has 1 unspecified atom stereocenters. The third kappa shape index (κ3) is 47.7. The summed E-state index contributed by atoms with van der Waals surface area (Å²) in [7, 11) is 0. The molecule has 0 bridgehead atoms. The molecule has 0 aliphatic heterocycles. The average Bonchev–Trinajstić information content (AvgIpc) is 3.26. The molecule has 6 heteroatoms. The van der Waals surface area contributed by atoms with Gasteiger partial charge >= 0.3 is 17.9 Å². The van der Waals surface area contributed by atoms with E-state index < -0.39 is 6.10 Å². The van der Waals surface area contributed by atoms with Gasteiger partial charge in [-0.15, -0.1) is 0 Å². The molecule has 0 aliphatic rings. The second kappa shape index (κ2) is 49.4. The first-order valence-electron chi connectivity index (χ1n) is 27.4. The standard InChI is InChI=1S/C55H106O6/c1-5-8-10-12-14-16-18-20-21-22-23-24-25-26-28-30-36-40-44-48-55(58)61-52(49-59-53(56)46-42-38-34-29-27-19-17-15-13-11-9-6-2)50-60-54(57)47-43-39-35-32-31-33-37-41-45-51(4)7-3/h51-52H,5-50H2,1-4H3/t51?,52-/m0/s1. The first-order chi connectivity index (χ1) is 29.9. The maximum atomic E-state index is 12.8. The predicted octanol–water partition coefficient (Wildman–Crippen LogP) is 17.8. The molecule has 362 valence electrons. The molecule has 0 amide bonds. The Hall–Kier alpha value is -1.59. The molecule has 0 rings (SSSR count). The van der Waals surface area contributed by atoms with Gasteiger partial charge in [0.05, 0.1) is 0 Å². The highest BCUT2D eigenvalue weighted by molar-refractivity contribution is 5.71. The zero-order valence-electron chi connectivity index (χ0n) is 41.6. The van der Waals surface area contributed by atoms with E-state index in [1.807, 2.05) is 0 Å². The number of carbonyl (C=O) groups is 3. The quantitative estimate of drug-likeness (QED) is 0.0344. The zero-order valence-corrected chi connectivity index (χ0v) is 41.6. The normalized spacial score (nSPS) is 12.4. The van der Waals surface area contributed by atoms with Crippen LogP contribution in [0.2, 0.25) is 0 Å². The van der Waals surface area contributed by atoms with E-state index >= 15 is 0 Å². The molecular weight excluding hydrogens is 757 g/mol. The molecule has 0 saturated carbocycles. The van der Waals surface area contributed by atoms with Gasteiger partial charge in [0.25, 0.3) is 0 Å². The second-order valence-corrected chi connectivity index (χ2v) is 19.1. The third-order valence-electron chi connectivity index (χ3n) is 12.9. The lowest BCUT2D eigenvalue weighted by Crippen LogP contribution is -2.30. The van der Waals surface area contributed by atoms with E-state index in [1.165, 1.54) is 205 Å². The maximum Gasteiger partial charge on any atom is 0.306 e. The molecule has 0 N–H and O–H groups in total. The number of hydrogen-bond donors (Lipinski definition) is 0. The summed E-state index contributed by atoms with van der Waals surface area (Å²) in [5.41, 5.74) is 0. The van der Waals surface area contributed by atoms with Gasteiger partial charge < -0.3 is 14.2 Å². The van der Waals surface area contributed by atoms with E-state index in [1.54, 1.807) is 0 Å². The second-order valence-electron chi connectivity index (χ2n) is 19.1. The minimum absolute atomic E-state index is 0.0628. The average molecular weight is 863 g/mol. The third-order valence-corrected chi connectivity index (χ3v) is 12.9. The summed E-state index contributed by atoms with van der Waals surface area (Å²) in [6.45, 7) is 9.04. The maximum absolute atomic E-state index is 12.8. The van der Waals surface area contributed by atoms with Gasteiger partial charge in [-0.05, 0) is 25.2 Å². The van der Waals surface area contributed by atoms with Gasteiger partial charge in [0, 0.05) is 19.3 Å². The predicted molar refractivity (Wildman–Crippen MR) is 261 cm³/mol. The lowest BCUT2D eigenvalue weighted by atomic mass is 9.99. The van der Waals surface area contributed by atoms with Crippen LogP contribution in [0, 0.1) is 5.92 Å². The number of unbranched alkanes of at least 4 members (excludes halogenated alkanes) is 36. The fourth-order valence-corrected chi connectivity index (χ4v) is 8.36. The summed E-state index contributed by atoms with van der Waals surface area (Å²) in [4.78, 5) is 38.0. The molecule has 61 heavy (non-hydrogen) atoms. The molecule has 0 aliphatic carbocycles. The van der Waals surface area contributed by atoms with Crippen molar-refractivity contribution in [2.45, 2.75) is 316 Å². The van der Waals surface area contributed by atoms with E-state index in [4.69, 9.17) is 14.2 Å². The Bertz CT molecular complexity index is 920. The molecule has 0 heterocycles. The summed E-state index contributed by atoms with van der Waals surface area (Å²) >= 11 is 0. The Kier molecular flexibility index (Phi) is 48.1. The van der Waals surface area contributed by atoms with Crippen LogP contribution in [-0.4, -0.2) is 37.2 Å². The van der Waals surface area contributed by atoms with Crippen molar-refractivity contribution in [2.24, 2.45) is 5.92 Å². The van der Waals surface area contributed by atoms with Crippen LogP contribution in [0.5, 0.6) is 0 Å². The Morgan fingerprint density at radius 2 is 0.574 bits per heavy atom. The Labute approximate surface area is 380 Å². The van der Waals surface area contributed by atoms with Crippen LogP contribution in [0.3, 0.4) is 0 Å². The first kappa shape index (κ1) is 59.4. The largest absolute Gasteiger partial charge is 0.462 e. The molecule has 0 spiro atoms. The lowest BCUT2D eigenvalue weighted by molar-refractivity contribution is -0.167. The van der Waals surface area contributed by atoms with Crippen LogP contribution in [0.15, 0.2) is 0 Å². The van der Waals surface area contributed by atoms with Gasteiger partial charge in [0.2, 0.25) is 0 Å². The number of esters is 3. The van der Waals surface area contributed by atoms with Crippen LogP contribution in [0.25, 0.3) is 0 Å². The molecule has 0 fully saturated rings. The minimum atomic E-state index is -0.761. The summed E-state index contributed by atoms with van der Waals surface area (Å²) < 4.78 is 16.8. The molecule has 0 aromatic rings. The molecule has 0 radical (unpaired) electrons. The summed E-state index contributed by atoms with van der Waals surface area (Å²) in [6, 6.07) is 0. The molecular formula is C55H106O6. The van der Waals surface area contributed by atoms with Crippen molar-refractivity contribution >= 4 is 17.9 Å². The van der Waals surface area contributed by atoms with Gasteiger partial charge in [-0.2, -0.15) is 0 Å². The zero-order chi connectivity index (χ0) is 44.5. The van der Waals surface area contributed by atoms with Gasteiger partial charge in [0.1, 0.15) is 13.2 Å². The van der Waals surface area contributed by atoms with Crippen molar-refractivity contribution in [1.29, 1.82) is 0 Å². The van der Waals surface area contributed by atoms with Crippen LogP contribution >= 0.6 is 0 Å². The van der Waals surface area contributed by atoms with Crippen molar-refractivity contribution in [3.63, 3.8) is 0 Å². The van der Waals surface area contributed by atoms with Crippen molar-refractivity contribution in [3.8, 4) is 0 Å². The van der Waals surface area contributed by atoms with Crippen molar-refractivity contribution in [2.75, 3.05) is 13.2 Å². The van der Waals surface area contributed by atoms with Crippen molar-refractivity contribution in [1.82, 2.24) is 0 Å². The summed E-state index contributed by atoms with van der Waals surface area (Å²) in [6.07, 6.45) is 52.3. The van der Waals surface area contributed by atoms with Crippen LogP contribution in [-0.2, 0) is 28.6 Å². The van der Waals surface area contributed by atoms with Crippen molar-refractivity contribution in [3.05, 3.63) is 0 Å². The van der Waals surface area contributed by atoms with Crippen LogP contribution < -0.4 is 0 Å². The van der Waals surface area contributed by atoms with Crippen LogP contribution in [0.4, 0.5) is 0 Å². The van der Waals surface area contributed by atoms with E-state index in [2.05, 4.69) is 27.7 Å². The fourth-order valence-electron chi connectivity index (χ4n) is 8.36. The van der Waals surface area contributed by atoms with Gasteiger partial charge in [-0.1, -0.05) is 272 Å². The van der Waals surface area contributed by atoms with Crippen molar-refractivity contribution < 1.29 is 28.6 Å². The summed E-state index contributed by atoms with van der Waals surface area (Å²) in [5, 5.41) is 0. The molecule has 6 nitrogen and oxygen atoms in total. The summed E-state index contributed by atoms with van der Waals surface area (Å²) in [5.74, 6) is 0.00522. The number of ether oxygens (including phenoxy) is 3. The number of hydrogen-bond acceptors (Lipinski definition) is 6. The van der Waals surface area contributed by atoms with E-state index in [0.29, 0.717) is 19.3 Å². The Morgan fingerprint density at radius 3 is 0.852 bits per heavy atom. The molecule has 0 aromatic heterocycles. The number of rotatable bonds is 50. The molecule has 2 atom stereocenters. The smallest absolute Gasteiger partial charge is 0.306 e. The highest BCUT2D eigenvalue weighted by atomic mass is 16.6. The Morgan fingerprint density at radius 1 is 0.328 bits per heavy atom. The fraction of sp³-hybridized carbons (Fsp3) is 0.945. The molecule has 0 aromatic carbocycles. The van der Waals surface area contributed by atoms with E-state index in [9.17, 15) is 14.4 Å². The lowest BCUT2D eigenvalue weighted by Gasteiger charge is -2.18. The highest BCUT2D eigenvalue weighted by Crippen LogP contribution is 2.18. The Balaban J connectivity index is 4.27. The monoisotopic (exact) mass is 863 g/mol. The van der Waals surface area contributed by atoms with Crippen LogP contribution in [0.1, 0.15) is 310 Å². The molecule has 0 saturated heterocycles. The highest BCUT2D eigenvalue weighted by Gasteiger charge is 2.19. The minimum Gasteiger partial charge on any atom is -0.462 e. The van der Waals surface area contributed by atoms with Gasteiger partial charge in [-0.25, -0.2) is 0 Å². The SMILES string of the molecule is CCCCCCCCCCCCCCCCCCCCCC(=O)O[C@@H](COC(=O)CCCCCCCCCCCCCC)COC(=O)CCCCCCCCCCC(C)CC. The number of carbonyl (C=O) groups excluding carboxylic acids is 3. The van der Waals surface area contributed by atoms with Gasteiger partial charge in [0.15, 0.2) is 6.10 Å². The van der Waals surface area contributed by atoms with E-state index in [0.717, 1.165) is 63.7 Å². The first-order valence-corrected chi connectivity index (χ1v) is 27.4. The van der Waals surface area contributed by atoms with E-state index in [-0.39, 0.29) is 31.1 Å². The van der Waals surface area contributed by atoms with Gasteiger partial charge in [-0.3, -0.25) is 14.4 Å². The topological polar surface area (TPSA) is 78.9 Å².